The number of ketones is 1. The molecule has 2 amide bonds. The molecule has 9 nitrogen and oxygen atoms in total. The molecule has 1 aromatic heterocycles. The van der Waals surface area contributed by atoms with Crippen molar-refractivity contribution >= 4 is 17.5 Å². The molecule has 2 heterocycles. The van der Waals surface area contributed by atoms with Crippen LogP contribution in [0.2, 0.25) is 0 Å². The van der Waals surface area contributed by atoms with Crippen molar-refractivity contribution in [3.05, 3.63) is 87.7 Å². The number of nitro groups is 1. The van der Waals surface area contributed by atoms with Gasteiger partial charge in [-0.1, -0.05) is 42.0 Å². The fourth-order valence-electron chi connectivity index (χ4n) is 3.98. The van der Waals surface area contributed by atoms with Crippen LogP contribution in [0, 0.1) is 23.0 Å². The number of aryl methyl sites for hydroxylation is 1. The molecule has 0 unspecified atom stereocenters. The highest BCUT2D eigenvalue weighted by molar-refractivity contribution is 6.00. The van der Waals surface area contributed by atoms with E-state index in [1.807, 2.05) is 0 Å². The molecule has 1 aliphatic heterocycles. The van der Waals surface area contributed by atoms with Crippen molar-refractivity contribution < 1.29 is 37.2 Å². The second-order valence-corrected chi connectivity index (χ2v) is 8.02. The first-order valence-electron chi connectivity index (χ1n) is 10.2. The maximum Gasteiger partial charge on any atom is 0.437 e. The summed E-state index contributed by atoms with van der Waals surface area (Å²) in [6.45, 7) is 1.72. The van der Waals surface area contributed by atoms with E-state index in [2.05, 4.69) is 5.32 Å². The number of furan rings is 1. The first-order valence-corrected chi connectivity index (χ1v) is 10.2. The van der Waals surface area contributed by atoms with Crippen LogP contribution in [-0.4, -0.2) is 33.7 Å². The predicted octanol–water partition coefficient (Wildman–Crippen LogP) is 4.27. The van der Waals surface area contributed by atoms with Crippen LogP contribution in [0.25, 0.3) is 11.3 Å². The van der Waals surface area contributed by atoms with Gasteiger partial charge in [-0.3, -0.25) is 14.9 Å². The van der Waals surface area contributed by atoms with E-state index >= 15 is 0 Å². The number of rotatable bonds is 5. The molecular formula is C23H18F3N3O6. The highest BCUT2D eigenvalue weighted by Crippen LogP contribution is 2.45. The lowest BCUT2D eigenvalue weighted by atomic mass is 9.79. The molecule has 4 rings (SSSR count). The monoisotopic (exact) mass is 489 g/mol. The predicted molar refractivity (Wildman–Crippen MR) is 115 cm³/mol. The molecule has 1 aliphatic rings. The quantitative estimate of drug-likeness (QED) is 0.278. The third-order valence-corrected chi connectivity index (χ3v) is 5.72. The highest BCUT2D eigenvalue weighted by Gasteiger charge is 2.66. The van der Waals surface area contributed by atoms with Crippen LogP contribution in [0.1, 0.15) is 27.7 Å². The maximum absolute atomic E-state index is 14.0. The summed E-state index contributed by atoms with van der Waals surface area (Å²) in [4.78, 5) is 36.2. The van der Waals surface area contributed by atoms with Crippen LogP contribution in [0.5, 0.6) is 0 Å². The lowest BCUT2D eigenvalue weighted by molar-refractivity contribution is -0.384. The zero-order valence-electron chi connectivity index (χ0n) is 18.0. The number of para-hydroxylation sites is 1. The van der Waals surface area contributed by atoms with Crippen molar-refractivity contribution in [1.82, 2.24) is 10.6 Å². The fourth-order valence-corrected chi connectivity index (χ4v) is 3.98. The Bertz CT molecular complexity index is 1300. The third kappa shape index (κ3) is 4.23. The van der Waals surface area contributed by atoms with Gasteiger partial charge in [-0.15, -0.1) is 0 Å². The normalized spacial score (nSPS) is 22.3. The number of carbonyl (C=O) groups is 2. The maximum atomic E-state index is 14.0. The minimum absolute atomic E-state index is 0.0384. The summed E-state index contributed by atoms with van der Waals surface area (Å²) >= 11 is 0. The molecule has 3 N–H and O–H groups in total. The smallest absolute Gasteiger partial charge is 0.437 e. The number of nitrogens with zero attached hydrogens (tertiary/aromatic N) is 1. The van der Waals surface area contributed by atoms with Crippen LogP contribution in [0.4, 0.5) is 23.7 Å². The van der Waals surface area contributed by atoms with Crippen molar-refractivity contribution in [1.29, 1.82) is 0 Å². The van der Waals surface area contributed by atoms with Crippen molar-refractivity contribution in [3.63, 3.8) is 0 Å². The summed E-state index contributed by atoms with van der Waals surface area (Å²) in [5, 5.41) is 25.7. The lowest BCUT2D eigenvalue weighted by Gasteiger charge is -2.44. The van der Waals surface area contributed by atoms with E-state index in [4.69, 9.17) is 4.42 Å². The van der Waals surface area contributed by atoms with Crippen molar-refractivity contribution in [3.8, 4) is 11.3 Å². The second-order valence-electron chi connectivity index (χ2n) is 8.02. The van der Waals surface area contributed by atoms with E-state index in [9.17, 15) is 38.0 Å². The zero-order chi connectivity index (χ0) is 25.5. The van der Waals surface area contributed by atoms with Crippen LogP contribution in [-0.2, 0) is 0 Å². The number of urea groups is 1. The Morgan fingerprint density at radius 1 is 1.11 bits per heavy atom. The van der Waals surface area contributed by atoms with Gasteiger partial charge in [-0.25, -0.2) is 4.79 Å². The molecule has 0 aliphatic carbocycles. The molecule has 35 heavy (non-hydrogen) atoms. The number of carbonyl (C=O) groups excluding carboxylic acids is 2. The first kappa shape index (κ1) is 24.0. The van der Waals surface area contributed by atoms with E-state index in [0.717, 1.165) is 5.56 Å². The van der Waals surface area contributed by atoms with Crippen molar-refractivity contribution in [2.45, 2.75) is 24.9 Å². The standard InChI is InChI=1S/C23H18F3N3O6/c1-12-6-8-13(9-7-12)20(30)18-19(27-21(31)28-22(18,32)23(24,25)26)17-11-10-16(35-17)14-4-2-3-5-15(14)29(33)34/h2-11,18-19,32H,1H3,(H2,27,28,31)/t18-,19-,22+/m0/s1. The lowest BCUT2D eigenvalue weighted by Crippen LogP contribution is -2.72. The number of benzene rings is 2. The molecule has 2 aromatic carbocycles. The molecule has 3 atom stereocenters. The Kier molecular flexibility index (Phi) is 5.85. The SMILES string of the molecule is Cc1ccc(C(=O)[C@@H]2[C@H](c3ccc(-c4ccccc4[N+](=O)[O-])o3)NC(=O)N[C@]2(O)C(F)(F)F)cc1. The molecule has 182 valence electrons. The number of alkyl halides is 3. The summed E-state index contributed by atoms with van der Waals surface area (Å²) in [7, 11) is 0. The summed E-state index contributed by atoms with van der Waals surface area (Å²) < 4.78 is 47.7. The van der Waals surface area contributed by atoms with Gasteiger partial charge in [0.2, 0.25) is 5.72 Å². The Hall–Kier alpha value is -4.19. The Balaban J connectivity index is 1.83. The number of nitro benzene ring substituents is 1. The number of amides is 2. The number of halogens is 3. The molecule has 0 radical (unpaired) electrons. The van der Waals surface area contributed by atoms with E-state index < -0.39 is 40.6 Å². The summed E-state index contributed by atoms with van der Waals surface area (Å²) in [5.41, 5.74) is -3.58. The van der Waals surface area contributed by atoms with Crippen LogP contribution in [0.3, 0.4) is 0 Å². The van der Waals surface area contributed by atoms with E-state index in [1.165, 1.54) is 66.0 Å². The van der Waals surface area contributed by atoms with Gasteiger partial charge in [0.1, 0.15) is 23.5 Å². The Morgan fingerprint density at radius 2 is 1.77 bits per heavy atom. The fraction of sp³-hybridized carbons (Fsp3) is 0.217. The molecule has 3 aromatic rings. The van der Waals surface area contributed by atoms with Gasteiger partial charge in [0.25, 0.3) is 5.69 Å². The first-order chi connectivity index (χ1) is 16.4. The zero-order valence-corrected chi connectivity index (χ0v) is 18.0. The molecule has 0 spiro atoms. The van der Waals surface area contributed by atoms with Crippen LogP contribution < -0.4 is 10.6 Å². The number of Topliss-reactive ketones (excluding diaryl/α,β-unsaturated/α-hetero) is 1. The highest BCUT2D eigenvalue weighted by atomic mass is 19.4. The average molecular weight is 489 g/mol. The topological polar surface area (TPSA) is 135 Å². The van der Waals surface area contributed by atoms with E-state index in [0.29, 0.717) is 0 Å². The number of aliphatic hydroxyl groups is 1. The van der Waals surface area contributed by atoms with E-state index in [1.54, 1.807) is 6.92 Å². The Morgan fingerprint density at radius 3 is 2.40 bits per heavy atom. The Labute approximate surface area is 195 Å². The van der Waals surface area contributed by atoms with Gasteiger partial charge in [0, 0.05) is 11.6 Å². The number of nitrogens with one attached hydrogen (secondary N) is 2. The van der Waals surface area contributed by atoms with Gasteiger partial charge in [0.05, 0.1) is 10.5 Å². The molecule has 0 saturated carbocycles. The minimum atomic E-state index is -5.43. The van der Waals surface area contributed by atoms with Crippen LogP contribution in [0.15, 0.2) is 65.1 Å². The molecule has 1 fully saturated rings. The third-order valence-electron chi connectivity index (χ3n) is 5.72. The number of hydrogen-bond acceptors (Lipinski definition) is 6. The van der Waals surface area contributed by atoms with Crippen LogP contribution >= 0.6 is 0 Å². The molecule has 1 saturated heterocycles. The summed E-state index contributed by atoms with van der Waals surface area (Å²) in [6, 6.07) is 10.5. The van der Waals surface area contributed by atoms with Gasteiger partial charge in [-0.2, -0.15) is 13.2 Å². The van der Waals surface area contributed by atoms with Gasteiger partial charge >= 0.3 is 12.2 Å². The number of hydrogen-bond donors (Lipinski definition) is 3. The molecule has 12 heteroatoms. The van der Waals surface area contributed by atoms with Crippen molar-refractivity contribution in [2.75, 3.05) is 0 Å². The largest absolute Gasteiger partial charge is 0.459 e. The van der Waals surface area contributed by atoms with E-state index in [-0.39, 0.29) is 28.3 Å². The van der Waals surface area contributed by atoms with Gasteiger partial charge < -0.3 is 20.2 Å². The average Bonchev–Trinajstić information content (AvgIpc) is 3.28. The van der Waals surface area contributed by atoms with Gasteiger partial charge in [0.15, 0.2) is 5.78 Å². The minimum Gasteiger partial charge on any atom is -0.459 e. The summed E-state index contributed by atoms with van der Waals surface area (Å²) in [5.74, 6) is -3.77. The summed E-state index contributed by atoms with van der Waals surface area (Å²) in [6.07, 6.45) is -5.43. The molecule has 0 bridgehead atoms. The second kappa shape index (κ2) is 8.55. The molecular weight excluding hydrogens is 471 g/mol. The van der Waals surface area contributed by atoms with Gasteiger partial charge in [-0.05, 0) is 25.1 Å². The van der Waals surface area contributed by atoms with Crippen molar-refractivity contribution in [2.24, 2.45) is 5.92 Å².